The third-order valence-corrected chi connectivity index (χ3v) is 12.4. The minimum Gasteiger partial charge on any atom is -0.299 e. The lowest BCUT2D eigenvalue weighted by Crippen LogP contribution is -2.56. The monoisotopic (exact) mass is 439 g/mol. The number of nitrogens with one attached hydrogen (secondary N) is 1. The van der Waals surface area contributed by atoms with Gasteiger partial charge in [0, 0.05) is 0 Å². The fraction of sp³-hybridized carbons (Fsp3) is 0.381. The largest absolute Gasteiger partial charge is 0.320 e. The van der Waals surface area contributed by atoms with Gasteiger partial charge in [-0.2, -0.15) is 13.5 Å². The Morgan fingerprint density at radius 3 is 1.83 bits per heavy atom. The van der Waals surface area contributed by atoms with E-state index in [1.807, 2.05) is 0 Å². The van der Waals surface area contributed by atoms with Gasteiger partial charge in [0.15, 0.2) is 5.41 Å². The van der Waals surface area contributed by atoms with E-state index < -0.39 is 35.5 Å². The third kappa shape index (κ3) is 4.82. The normalized spacial score (nSPS) is 13.8. The van der Waals surface area contributed by atoms with Crippen molar-refractivity contribution < 1.29 is 22.0 Å². The van der Waals surface area contributed by atoms with Crippen molar-refractivity contribution in [3.05, 3.63) is 66.2 Å². The number of carbonyl (C=O) groups is 1. The molecule has 158 valence electrons. The van der Waals surface area contributed by atoms with Crippen molar-refractivity contribution in [2.24, 2.45) is 0 Å². The Bertz CT molecular complexity index is 909. The molecule has 1 atom stereocenters. The van der Waals surface area contributed by atoms with Crippen molar-refractivity contribution in [3.8, 4) is 0 Å². The van der Waals surface area contributed by atoms with Gasteiger partial charge in [0.25, 0.3) is 0 Å². The lowest BCUT2D eigenvalue weighted by molar-refractivity contribution is -0.139. The summed E-state index contributed by atoms with van der Waals surface area (Å²) >= 11 is 0. The lowest BCUT2D eigenvalue weighted by atomic mass is 10.0. The Kier molecular flexibility index (Phi) is 7.48. The molecule has 2 aromatic rings. The minimum atomic E-state index is -4.26. The molecule has 2 rings (SSSR count). The summed E-state index contributed by atoms with van der Waals surface area (Å²) in [6, 6.07) is 14.1. The predicted molar refractivity (Wildman–Crippen MR) is 113 cm³/mol. The van der Waals surface area contributed by atoms with Crippen molar-refractivity contribution >= 4 is 23.5 Å². The zero-order valence-electron chi connectivity index (χ0n) is 16.9. The van der Waals surface area contributed by atoms with Crippen LogP contribution in [0, 0.1) is 0 Å². The van der Waals surface area contributed by atoms with Gasteiger partial charge in [-0.25, -0.2) is 8.42 Å². The van der Waals surface area contributed by atoms with Crippen LogP contribution in [0.2, 0.25) is 18.1 Å². The SMILES string of the molecule is CC[Si](CC)(CC)C(=O)C(F)(F)C(NS(=O)(=O)c1ccccc1)c1ccccc1. The molecule has 0 saturated heterocycles. The van der Waals surface area contributed by atoms with Crippen molar-refractivity contribution in [2.75, 3.05) is 0 Å². The molecule has 8 heteroatoms. The van der Waals surface area contributed by atoms with Crippen LogP contribution in [-0.2, 0) is 14.8 Å². The molecule has 0 amide bonds. The van der Waals surface area contributed by atoms with Crippen LogP contribution in [0.1, 0.15) is 32.4 Å². The maximum atomic E-state index is 15.6. The molecule has 1 N–H and O–H groups in total. The van der Waals surface area contributed by atoms with Gasteiger partial charge in [-0.1, -0.05) is 87.4 Å². The molecule has 4 nitrogen and oxygen atoms in total. The molecule has 0 aliphatic heterocycles. The topological polar surface area (TPSA) is 63.2 Å². The standard InChI is InChI=1S/C21H27F2NO3SSi/c1-4-29(5-2,6-3)20(25)21(22,23)19(17-13-9-7-10-14-17)24-28(26,27)18-15-11-8-12-16-18/h7-16,19,24H,4-6H2,1-3H3. The maximum absolute atomic E-state index is 15.6. The fourth-order valence-electron chi connectivity index (χ4n) is 3.54. The van der Waals surface area contributed by atoms with Gasteiger partial charge in [0.2, 0.25) is 10.0 Å². The zero-order chi connectivity index (χ0) is 21.7. The van der Waals surface area contributed by atoms with Gasteiger partial charge in [-0.3, -0.25) is 4.79 Å². The van der Waals surface area contributed by atoms with Gasteiger partial charge in [0.05, 0.1) is 4.90 Å². The third-order valence-electron chi connectivity index (χ3n) is 5.64. The molecule has 0 aromatic heterocycles. The van der Waals surface area contributed by atoms with Gasteiger partial charge in [-0.05, 0) is 17.7 Å². The van der Waals surface area contributed by atoms with E-state index in [-0.39, 0.29) is 10.5 Å². The molecule has 0 radical (unpaired) electrons. The Labute approximate surface area is 172 Å². The van der Waals surface area contributed by atoms with Crippen LogP contribution >= 0.6 is 0 Å². The molecule has 0 saturated carbocycles. The molecular weight excluding hydrogens is 412 g/mol. The highest BCUT2D eigenvalue weighted by molar-refractivity contribution is 7.89. The Morgan fingerprint density at radius 1 is 0.931 bits per heavy atom. The Hall–Kier alpha value is -1.90. The smallest absolute Gasteiger partial charge is 0.299 e. The second-order valence-corrected chi connectivity index (χ2v) is 13.9. The summed E-state index contributed by atoms with van der Waals surface area (Å²) in [6.07, 6.45) is 0. The van der Waals surface area contributed by atoms with Gasteiger partial charge >= 0.3 is 5.92 Å². The summed E-state index contributed by atoms with van der Waals surface area (Å²) in [5.41, 5.74) is 0.0524. The van der Waals surface area contributed by atoms with Gasteiger partial charge < -0.3 is 0 Å². The number of hydrogen-bond acceptors (Lipinski definition) is 3. The van der Waals surface area contributed by atoms with E-state index in [1.54, 1.807) is 45.0 Å². The number of benzene rings is 2. The summed E-state index contributed by atoms with van der Waals surface area (Å²) in [6.45, 7) is 5.29. The Morgan fingerprint density at radius 2 is 1.38 bits per heavy atom. The van der Waals surface area contributed by atoms with E-state index in [4.69, 9.17) is 0 Å². The summed E-state index contributed by atoms with van der Waals surface area (Å²) < 4.78 is 59.0. The molecule has 0 spiro atoms. The quantitative estimate of drug-likeness (QED) is 0.532. The summed E-state index contributed by atoms with van der Waals surface area (Å²) in [5, 5.41) is -1.10. The van der Waals surface area contributed by atoms with Crippen LogP contribution in [-0.4, -0.2) is 27.8 Å². The molecular formula is C21H27F2NO3SSi. The second-order valence-electron chi connectivity index (χ2n) is 7.07. The molecule has 1 unspecified atom stereocenters. The highest BCUT2D eigenvalue weighted by Gasteiger charge is 2.56. The Balaban J connectivity index is 2.55. The molecule has 2 aromatic carbocycles. The number of carbonyl (C=O) groups excluding carboxylic acids is 1. The summed E-state index contributed by atoms with van der Waals surface area (Å²) in [4.78, 5) is 13.0. The van der Waals surface area contributed by atoms with Crippen molar-refractivity contribution in [3.63, 3.8) is 0 Å². The van der Waals surface area contributed by atoms with Gasteiger partial charge in [-0.15, -0.1) is 0 Å². The first-order valence-corrected chi connectivity index (χ1v) is 13.8. The molecule has 0 aliphatic rings. The second kappa shape index (κ2) is 9.28. The molecule has 0 fully saturated rings. The van der Waals surface area contributed by atoms with E-state index in [0.717, 1.165) is 0 Å². The van der Waals surface area contributed by atoms with Crippen LogP contribution in [0.5, 0.6) is 0 Å². The van der Waals surface area contributed by atoms with Crippen LogP contribution in [0.4, 0.5) is 8.78 Å². The van der Waals surface area contributed by atoms with E-state index in [9.17, 15) is 13.2 Å². The minimum absolute atomic E-state index is 0.0524. The zero-order valence-corrected chi connectivity index (χ0v) is 18.7. The van der Waals surface area contributed by atoms with E-state index >= 15 is 8.78 Å². The average Bonchev–Trinajstić information content (AvgIpc) is 2.75. The van der Waals surface area contributed by atoms with Crippen molar-refractivity contribution in [2.45, 2.75) is 55.8 Å². The molecule has 0 bridgehead atoms. The van der Waals surface area contributed by atoms with Crippen LogP contribution in [0.3, 0.4) is 0 Å². The molecule has 0 aliphatic carbocycles. The summed E-state index contributed by atoms with van der Waals surface area (Å²) in [5.74, 6) is -3.86. The van der Waals surface area contributed by atoms with Gasteiger partial charge in [0.1, 0.15) is 14.1 Å². The highest BCUT2D eigenvalue weighted by Crippen LogP contribution is 2.39. The average molecular weight is 440 g/mol. The van der Waals surface area contributed by atoms with Crippen molar-refractivity contribution in [1.29, 1.82) is 0 Å². The number of halogens is 2. The van der Waals surface area contributed by atoms with E-state index in [0.29, 0.717) is 18.1 Å². The molecule has 0 heterocycles. The number of hydrogen-bond donors (Lipinski definition) is 1. The van der Waals surface area contributed by atoms with E-state index in [1.165, 1.54) is 36.4 Å². The summed E-state index contributed by atoms with van der Waals surface area (Å²) in [7, 11) is -7.19. The lowest BCUT2D eigenvalue weighted by Gasteiger charge is -2.34. The maximum Gasteiger partial charge on any atom is 0.320 e. The number of alkyl halides is 2. The molecule has 29 heavy (non-hydrogen) atoms. The first-order valence-electron chi connectivity index (χ1n) is 9.69. The van der Waals surface area contributed by atoms with E-state index in [2.05, 4.69) is 4.72 Å². The fourth-order valence-corrected chi connectivity index (χ4v) is 8.10. The van der Waals surface area contributed by atoms with Crippen LogP contribution in [0.25, 0.3) is 0 Å². The predicted octanol–water partition coefficient (Wildman–Crippen LogP) is 4.96. The first kappa shape index (κ1) is 23.4. The van der Waals surface area contributed by atoms with Crippen molar-refractivity contribution in [1.82, 2.24) is 4.72 Å². The first-order chi connectivity index (χ1) is 13.6. The highest BCUT2D eigenvalue weighted by atomic mass is 32.2. The number of rotatable bonds is 10. The number of sulfonamides is 1. The van der Waals surface area contributed by atoms with Crippen LogP contribution in [0.15, 0.2) is 65.6 Å². The van der Waals surface area contributed by atoms with Crippen LogP contribution < -0.4 is 4.72 Å².